The molecule has 0 spiro atoms. The molecule has 0 saturated heterocycles. The van der Waals surface area contributed by atoms with E-state index >= 15 is 0 Å². The number of ether oxygens (including phenoxy) is 1. The minimum atomic E-state index is -1.25. The lowest BCUT2D eigenvalue weighted by atomic mass is 10.1. The summed E-state index contributed by atoms with van der Waals surface area (Å²) in [5.74, 6) is -0.0557. The summed E-state index contributed by atoms with van der Waals surface area (Å²) in [5.41, 5.74) is 6.99. The smallest absolute Gasteiger partial charge is 0.247 e. The minimum absolute atomic E-state index is 0.00979. The van der Waals surface area contributed by atoms with Gasteiger partial charge in [-0.25, -0.2) is 0 Å². The Labute approximate surface area is 118 Å². The van der Waals surface area contributed by atoms with E-state index in [1.165, 1.54) is 0 Å². The van der Waals surface area contributed by atoms with E-state index in [9.17, 15) is 9.90 Å². The van der Waals surface area contributed by atoms with Gasteiger partial charge >= 0.3 is 0 Å². The van der Waals surface area contributed by atoms with Crippen LogP contribution in [0.3, 0.4) is 0 Å². The van der Waals surface area contributed by atoms with Gasteiger partial charge in [-0.3, -0.25) is 4.79 Å². The quantitative estimate of drug-likeness (QED) is 0.513. The molecule has 6 heteroatoms. The zero-order valence-electron chi connectivity index (χ0n) is 11.8. The average molecular weight is 282 g/mol. The fraction of sp³-hybridized carbons (Fsp3) is 0.500. The molecule has 6 nitrogen and oxygen atoms in total. The van der Waals surface area contributed by atoms with Crippen molar-refractivity contribution in [3.63, 3.8) is 0 Å². The third-order valence-electron chi connectivity index (χ3n) is 2.82. The zero-order valence-corrected chi connectivity index (χ0v) is 11.8. The molecule has 0 bridgehead atoms. The molecule has 1 amide bonds. The number of nitrogens with one attached hydrogen (secondary N) is 1. The van der Waals surface area contributed by atoms with E-state index in [-0.39, 0.29) is 19.7 Å². The van der Waals surface area contributed by atoms with Crippen LogP contribution in [0.1, 0.15) is 11.1 Å². The Morgan fingerprint density at radius 3 is 2.70 bits per heavy atom. The van der Waals surface area contributed by atoms with Gasteiger partial charge < -0.3 is 26.0 Å². The molecular formula is C14H22N2O4. The highest BCUT2D eigenvalue weighted by Gasteiger charge is 2.12. The maximum atomic E-state index is 10.6. The number of benzene rings is 1. The van der Waals surface area contributed by atoms with Crippen LogP contribution >= 0.6 is 0 Å². The van der Waals surface area contributed by atoms with E-state index in [0.717, 1.165) is 16.9 Å². The molecule has 0 saturated carbocycles. The van der Waals surface area contributed by atoms with Crippen LogP contribution in [0.2, 0.25) is 0 Å². The van der Waals surface area contributed by atoms with E-state index in [1.54, 1.807) is 0 Å². The van der Waals surface area contributed by atoms with Crippen LogP contribution < -0.4 is 15.8 Å². The van der Waals surface area contributed by atoms with Crippen LogP contribution in [-0.4, -0.2) is 48.0 Å². The van der Waals surface area contributed by atoms with Crippen molar-refractivity contribution < 1.29 is 19.7 Å². The van der Waals surface area contributed by atoms with Crippen molar-refractivity contribution in [2.75, 3.05) is 19.7 Å². The van der Waals surface area contributed by atoms with Gasteiger partial charge in [0.15, 0.2) is 0 Å². The normalized spacial score (nSPS) is 13.8. The monoisotopic (exact) mass is 282 g/mol. The molecular weight excluding hydrogens is 260 g/mol. The topological polar surface area (TPSA) is 105 Å². The van der Waals surface area contributed by atoms with E-state index in [2.05, 4.69) is 5.32 Å². The van der Waals surface area contributed by atoms with Crippen LogP contribution in [0.25, 0.3) is 0 Å². The van der Waals surface area contributed by atoms with Crippen LogP contribution in [-0.2, 0) is 4.79 Å². The molecule has 112 valence electrons. The summed E-state index contributed by atoms with van der Waals surface area (Å²) in [7, 11) is 0. The lowest BCUT2D eigenvalue weighted by Crippen LogP contribution is -2.41. The standard InChI is InChI=1S/C14H22N2O4/c1-9-3-4-10(2)13(5-9)20-8-11(17)6-16-7-12(18)14(15)19/h3-5,11-12,16-18H,6-8H2,1-2H3,(H2,15,19). The van der Waals surface area contributed by atoms with Crippen molar-refractivity contribution in [1.29, 1.82) is 0 Å². The fourth-order valence-corrected chi connectivity index (χ4v) is 1.59. The van der Waals surface area contributed by atoms with Gasteiger partial charge in [0.1, 0.15) is 24.6 Å². The maximum Gasteiger partial charge on any atom is 0.247 e. The van der Waals surface area contributed by atoms with Gasteiger partial charge in [-0.2, -0.15) is 0 Å². The SMILES string of the molecule is Cc1ccc(C)c(OCC(O)CNCC(O)C(N)=O)c1. The Morgan fingerprint density at radius 1 is 1.35 bits per heavy atom. The van der Waals surface area contributed by atoms with Crippen LogP contribution in [0.15, 0.2) is 18.2 Å². The number of aryl methyl sites for hydroxylation is 2. The van der Waals surface area contributed by atoms with E-state index in [4.69, 9.17) is 15.6 Å². The molecule has 1 rings (SSSR count). The lowest BCUT2D eigenvalue weighted by Gasteiger charge is -2.15. The van der Waals surface area contributed by atoms with Crippen molar-refractivity contribution >= 4 is 5.91 Å². The number of hydrogen-bond acceptors (Lipinski definition) is 5. The van der Waals surface area contributed by atoms with Gasteiger partial charge in [0.2, 0.25) is 5.91 Å². The van der Waals surface area contributed by atoms with Crippen molar-refractivity contribution in [2.24, 2.45) is 5.73 Å². The van der Waals surface area contributed by atoms with Crippen molar-refractivity contribution in [3.8, 4) is 5.75 Å². The minimum Gasteiger partial charge on any atom is -0.491 e. The summed E-state index contributed by atoms with van der Waals surface area (Å²) in [6.07, 6.45) is -1.99. The molecule has 1 aromatic rings. The van der Waals surface area contributed by atoms with Gasteiger partial charge in [0, 0.05) is 13.1 Å². The van der Waals surface area contributed by atoms with E-state index < -0.39 is 18.1 Å². The largest absolute Gasteiger partial charge is 0.491 e. The Hall–Kier alpha value is -1.63. The van der Waals surface area contributed by atoms with Gasteiger partial charge in [-0.1, -0.05) is 12.1 Å². The van der Waals surface area contributed by atoms with Crippen molar-refractivity contribution in [2.45, 2.75) is 26.1 Å². The summed E-state index contributed by atoms with van der Waals surface area (Å²) in [6, 6.07) is 5.86. The summed E-state index contributed by atoms with van der Waals surface area (Å²) in [5, 5.41) is 21.6. The van der Waals surface area contributed by atoms with E-state index in [0.29, 0.717) is 0 Å². The number of aliphatic hydroxyl groups excluding tert-OH is 2. The third kappa shape index (κ3) is 5.56. The lowest BCUT2D eigenvalue weighted by molar-refractivity contribution is -0.125. The summed E-state index contributed by atoms with van der Waals surface area (Å²) in [4.78, 5) is 10.6. The molecule has 0 aliphatic carbocycles. The fourth-order valence-electron chi connectivity index (χ4n) is 1.59. The Morgan fingerprint density at radius 2 is 2.05 bits per heavy atom. The van der Waals surface area contributed by atoms with E-state index in [1.807, 2.05) is 32.0 Å². The second-order valence-electron chi connectivity index (χ2n) is 4.81. The molecule has 1 aromatic carbocycles. The van der Waals surface area contributed by atoms with Crippen molar-refractivity contribution in [1.82, 2.24) is 5.32 Å². The Kier molecular flexibility index (Phi) is 6.44. The average Bonchev–Trinajstić information content (AvgIpc) is 2.39. The third-order valence-corrected chi connectivity index (χ3v) is 2.82. The molecule has 0 radical (unpaired) electrons. The number of amides is 1. The highest BCUT2D eigenvalue weighted by atomic mass is 16.5. The Balaban J connectivity index is 2.31. The van der Waals surface area contributed by atoms with Crippen LogP contribution in [0.4, 0.5) is 0 Å². The van der Waals surface area contributed by atoms with Gasteiger partial charge in [0.25, 0.3) is 0 Å². The van der Waals surface area contributed by atoms with Gasteiger partial charge in [-0.15, -0.1) is 0 Å². The molecule has 20 heavy (non-hydrogen) atoms. The van der Waals surface area contributed by atoms with Gasteiger partial charge in [0.05, 0.1) is 0 Å². The molecule has 0 fully saturated rings. The number of carbonyl (C=O) groups excluding carboxylic acids is 1. The number of primary amides is 1. The predicted molar refractivity (Wildman–Crippen MR) is 75.5 cm³/mol. The zero-order chi connectivity index (χ0) is 15.1. The molecule has 0 aliphatic heterocycles. The first kappa shape index (κ1) is 16.4. The van der Waals surface area contributed by atoms with Crippen LogP contribution in [0, 0.1) is 13.8 Å². The summed E-state index contributed by atoms with van der Waals surface area (Å²) in [6.45, 7) is 4.24. The summed E-state index contributed by atoms with van der Waals surface area (Å²) >= 11 is 0. The molecule has 0 aromatic heterocycles. The first-order valence-corrected chi connectivity index (χ1v) is 6.46. The first-order valence-electron chi connectivity index (χ1n) is 6.46. The maximum absolute atomic E-state index is 10.6. The molecule has 0 heterocycles. The predicted octanol–water partition coefficient (Wildman–Crippen LogP) is -0.521. The molecule has 5 N–H and O–H groups in total. The second-order valence-corrected chi connectivity index (χ2v) is 4.81. The molecule has 2 atom stereocenters. The number of carbonyl (C=O) groups is 1. The number of nitrogens with two attached hydrogens (primary N) is 1. The Bertz CT molecular complexity index is 451. The van der Waals surface area contributed by atoms with Crippen LogP contribution in [0.5, 0.6) is 5.75 Å². The highest BCUT2D eigenvalue weighted by molar-refractivity contribution is 5.78. The number of hydrogen-bond donors (Lipinski definition) is 4. The second kappa shape index (κ2) is 7.84. The number of rotatable bonds is 8. The van der Waals surface area contributed by atoms with Gasteiger partial charge in [-0.05, 0) is 31.0 Å². The van der Waals surface area contributed by atoms with Crippen molar-refractivity contribution in [3.05, 3.63) is 29.3 Å². The highest BCUT2D eigenvalue weighted by Crippen LogP contribution is 2.19. The molecule has 0 aliphatic rings. The number of aliphatic hydroxyl groups is 2. The molecule has 2 unspecified atom stereocenters. The summed E-state index contributed by atoms with van der Waals surface area (Å²) < 4.78 is 5.54. The first-order chi connectivity index (χ1) is 9.40.